The van der Waals surface area contributed by atoms with Gasteiger partial charge in [0.2, 0.25) is 0 Å². The normalized spacial score (nSPS) is 10.1. The van der Waals surface area contributed by atoms with Crippen molar-refractivity contribution in [3.05, 3.63) is 28.8 Å². The molecule has 94 valence electrons. The van der Waals surface area contributed by atoms with Crippen molar-refractivity contribution >= 4 is 34.6 Å². The number of nitrogens with one attached hydrogen (secondary N) is 1. The van der Waals surface area contributed by atoms with Crippen LogP contribution in [0.25, 0.3) is 0 Å². The third-order valence-electron chi connectivity index (χ3n) is 2.46. The number of halogens is 1. The lowest BCUT2D eigenvalue weighted by molar-refractivity contribution is 0.254. The van der Waals surface area contributed by atoms with Crippen molar-refractivity contribution in [2.24, 2.45) is 0 Å². The molecule has 1 aromatic carbocycles. The molecular formula is C12H17ClN2OS. The van der Waals surface area contributed by atoms with Crippen LogP contribution in [0.4, 0.5) is 5.69 Å². The predicted molar refractivity (Wildman–Crippen MR) is 76.7 cm³/mol. The number of aliphatic hydroxyl groups is 1. The Morgan fingerprint density at radius 1 is 1.53 bits per heavy atom. The Labute approximate surface area is 112 Å². The fourth-order valence-corrected chi connectivity index (χ4v) is 1.92. The average molecular weight is 273 g/mol. The van der Waals surface area contributed by atoms with Crippen LogP contribution in [0.5, 0.6) is 0 Å². The molecule has 5 heteroatoms. The van der Waals surface area contributed by atoms with Gasteiger partial charge in [0.05, 0.1) is 6.61 Å². The second kappa shape index (κ2) is 6.79. The van der Waals surface area contributed by atoms with Gasteiger partial charge in [-0.05, 0) is 43.8 Å². The lowest BCUT2D eigenvalue weighted by Crippen LogP contribution is -2.36. The number of thiocarbonyl (C=S) groups is 1. The molecule has 0 bridgehead atoms. The number of hydrogen-bond donors (Lipinski definition) is 2. The van der Waals surface area contributed by atoms with Crippen molar-refractivity contribution in [2.75, 3.05) is 25.0 Å². The maximum absolute atomic E-state index is 8.91. The summed E-state index contributed by atoms with van der Waals surface area (Å²) < 4.78 is 0. The Bertz CT molecular complexity index is 398. The molecule has 0 radical (unpaired) electrons. The number of benzene rings is 1. The predicted octanol–water partition coefficient (Wildman–Crippen LogP) is 2.66. The molecule has 0 heterocycles. The van der Waals surface area contributed by atoms with Crippen molar-refractivity contribution < 1.29 is 5.11 Å². The molecule has 3 nitrogen and oxygen atoms in total. The Balaban J connectivity index is 2.69. The minimum atomic E-state index is 0.0876. The van der Waals surface area contributed by atoms with E-state index in [2.05, 4.69) is 5.32 Å². The van der Waals surface area contributed by atoms with E-state index in [4.69, 9.17) is 28.9 Å². The minimum Gasteiger partial charge on any atom is -0.395 e. The van der Waals surface area contributed by atoms with Crippen LogP contribution in [0.3, 0.4) is 0 Å². The van der Waals surface area contributed by atoms with Crippen LogP contribution < -0.4 is 5.32 Å². The lowest BCUT2D eigenvalue weighted by Gasteiger charge is -2.23. The molecule has 1 rings (SSSR count). The zero-order chi connectivity index (χ0) is 12.8. The molecule has 0 aliphatic carbocycles. The van der Waals surface area contributed by atoms with Crippen LogP contribution in [0.1, 0.15) is 12.5 Å². The molecule has 1 aromatic rings. The van der Waals surface area contributed by atoms with E-state index in [-0.39, 0.29) is 6.61 Å². The van der Waals surface area contributed by atoms with Gasteiger partial charge in [-0.1, -0.05) is 17.7 Å². The molecule has 0 saturated heterocycles. The quantitative estimate of drug-likeness (QED) is 0.826. The van der Waals surface area contributed by atoms with Crippen molar-refractivity contribution in [3.63, 3.8) is 0 Å². The smallest absolute Gasteiger partial charge is 0.173 e. The molecule has 0 saturated carbocycles. The van der Waals surface area contributed by atoms with Crippen LogP contribution in [0, 0.1) is 6.92 Å². The summed E-state index contributed by atoms with van der Waals surface area (Å²) in [5.74, 6) is 0. The summed E-state index contributed by atoms with van der Waals surface area (Å²) in [5, 5.41) is 13.3. The first-order chi connectivity index (χ1) is 8.08. The van der Waals surface area contributed by atoms with Gasteiger partial charge >= 0.3 is 0 Å². The van der Waals surface area contributed by atoms with Crippen molar-refractivity contribution in [3.8, 4) is 0 Å². The van der Waals surface area contributed by atoms with Crippen LogP contribution in [0.15, 0.2) is 18.2 Å². The molecule has 0 spiro atoms. The zero-order valence-corrected chi connectivity index (χ0v) is 11.6. The summed E-state index contributed by atoms with van der Waals surface area (Å²) in [5.41, 5.74) is 1.90. The molecular weight excluding hydrogens is 256 g/mol. The highest BCUT2D eigenvalue weighted by Crippen LogP contribution is 2.20. The van der Waals surface area contributed by atoms with Gasteiger partial charge in [-0.3, -0.25) is 0 Å². The third-order valence-corrected chi connectivity index (χ3v) is 3.23. The first-order valence-electron chi connectivity index (χ1n) is 5.51. The number of likely N-dealkylation sites (N-methyl/N-ethyl adjacent to an activating group) is 1. The number of rotatable bonds is 4. The van der Waals surface area contributed by atoms with Gasteiger partial charge in [-0.2, -0.15) is 0 Å². The monoisotopic (exact) mass is 272 g/mol. The molecule has 0 aromatic heterocycles. The van der Waals surface area contributed by atoms with Gasteiger partial charge in [0.25, 0.3) is 0 Å². The third kappa shape index (κ3) is 4.15. The molecule has 0 fully saturated rings. The number of anilines is 1. The van der Waals surface area contributed by atoms with E-state index in [1.54, 1.807) is 0 Å². The minimum absolute atomic E-state index is 0.0876. The maximum Gasteiger partial charge on any atom is 0.173 e. The van der Waals surface area contributed by atoms with Crippen LogP contribution >= 0.6 is 23.8 Å². The summed E-state index contributed by atoms with van der Waals surface area (Å²) in [6.45, 7) is 5.32. The number of hydrogen-bond acceptors (Lipinski definition) is 2. The molecule has 2 N–H and O–H groups in total. The van der Waals surface area contributed by atoms with E-state index in [9.17, 15) is 0 Å². The van der Waals surface area contributed by atoms with Gasteiger partial charge in [0, 0.05) is 23.8 Å². The molecule has 0 amide bonds. The highest BCUT2D eigenvalue weighted by Gasteiger charge is 2.07. The first kappa shape index (κ1) is 14.2. The van der Waals surface area contributed by atoms with Crippen molar-refractivity contribution in [2.45, 2.75) is 13.8 Å². The van der Waals surface area contributed by atoms with Gasteiger partial charge < -0.3 is 15.3 Å². The van der Waals surface area contributed by atoms with Gasteiger partial charge in [0.15, 0.2) is 5.11 Å². The molecule has 0 unspecified atom stereocenters. The van der Waals surface area contributed by atoms with E-state index in [0.717, 1.165) is 17.8 Å². The zero-order valence-electron chi connectivity index (χ0n) is 10.0. The average Bonchev–Trinajstić information content (AvgIpc) is 2.30. The lowest BCUT2D eigenvalue weighted by atomic mass is 10.2. The Morgan fingerprint density at radius 3 is 2.76 bits per heavy atom. The van der Waals surface area contributed by atoms with E-state index in [0.29, 0.717) is 16.7 Å². The van der Waals surface area contributed by atoms with Gasteiger partial charge in [-0.15, -0.1) is 0 Å². The summed E-state index contributed by atoms with van der Waals surface area (Å²) in [6, 6.07) is 5.71. The van der Waals surface area contributed by atoms with E-state index in [1.165, 1.54) is 0 Å². The topological polar surface area (TPSA) is 35.5 Å². The fourth-order valence-electron chi connectivity index (χ4n) is 1.40. The van der Waals surface area contributed by atoms with Crippen LogP contribution in [-0.2, 0) is 0 Å². The van der Waals surface area contributed by atoms with Crippen molar-refractivity contribution in [1.29, 1.82) is 0 Å². The molecule has 0 aliphatic heterocycles. The van der Waals surface area contributed by atoms with E-state index in [1.807, 2.05) is 36.9 Å². The molecule has 0 aliphatic rings. The summed E-state index contributed by atoms with van der Waals surface area (Å²) in [4.78, 5) is 1.89. The van der Waals surface area contributed by atoms with E-state index < -0.39 is 0 Å². The highest BCUT2D eigenvalue weighted by atomic mass is 35.5. The van der Waals surface area contributed by atoms with Crippen LogP contribution in [-0.4, -0.2) is 34.8 Å². The van der Waals surface area contributed by atoms with Gasteiger partial charge in [-0.25, -0.2) is 0 Å². The number of nitrogens with zero attached hydrogens (tertiary/aromatic N) is 1. The Morgan fingerprint density at radius 2 is 2.24 bits per heavy atom. The van der Waals surface area contributed by atoms with Crippen LogP contribution in [0.2, 0.25) is 5.02 Å². The van der Waals surface area contributed by atoms with Gasteiger partial charge in [0.1, 0.15) is 0 Å². The maximum atomic E-state index is 8.91. The molecule has 0 atom stereocenters. The molecule has 17 heavy (non-hydrogen) atoms. The second-order valence-electron chi connectivity index (χ2n) is 3.70. The Hall–Kier alpha value is -0.840. The fraction of sp³-hybridized carbons (Fsp3) is 0.417. The SMILES string of the molecule is CCN(CCO)C(=S)Nc1ccc(C)c(Cl)c1. The summed E-state index contributed by atoms with van der Waals surface area (Å²) in [7, 11) is 0. The second-order valence-corrected chi connectivity index (χ2v) is 4.49. The number of aliphatic hydroxyl groups excluding tert-OH is 1. The highest BCUT2D eigenvalue weighted by molar-refractivity contribution is 7.80. The Kier molecular flexibility index (Phi) is 5.68. The summed E-state index contributed by atoms with van der Waals surface area (Å²) >= 11 is 11.3. The van der Waals surface area contributed by atoms with Crippen molar-refractivity contribution in [1.82, 2.24) is 4.90 Å². The van der Waals surface area contributed by atoms with E-state index >= 15 is 0 Å². The largest absolute Gasteiger partial charge is 0.395 e. The number of aryl methyl sites for hydroxylation is 1. The standard InChI is InChI=1S/C12H17ClN2OS/c1-3-15(6-7-16)12(17)14-10-5-4-9(2)11(13)8-10/h4-5,8,16H,3,6-7H2,1-2H3,(H,14,17). The first-order valence-corrected chi connectivity index (χ1v) is 6.30. The summed E-state index contributed by atoms with van der Waals surface area (Å²) in [6.07, 6.45) is 0.